The van der Waals surface area contributed by atoms with Crippen LogP contribution in [-0.2, 0) is 12.6 Å². The van der Waals surface area contributed by atoms with Gasteiger partial charge in [-0.15, -0.1) is 0 Å². The number of rotatable bonds is 3. The van der Waals surface area contributed by atoms with Crippen LogP contribution in [0.2, 0.25) is 0 Å². The van der Waals surface area contributed by atoms with Gasteiger partial charge in [-0.25, -0.2) is 0 Å². The Morgan fingerprint density at radius 1 is 1.65 bits per heavy atom. The van der Waals surface area contributed by atoms with Crippen molar-refractivity contribution in [3.63, 3.8) is 0 Å². The van der Waals surface area contributed by atoms with E-state index in [0.29, 0.717) is 6.04 Å². The molecule has 4 nitrogen and oxygen atoms in total. The maximum atomic E-state index is 10.7. The van der Waals surface area contributed by atoms with Crippen LogP contribution in [-0.4, -0.2) is 27.5 Å². The van der Waals surface area contributed by atoms with Gasteiger partial charge in [0.25, 0.3) is 0 Å². The molecular weight excluding hydrogens is 282 g/mol. The Morgan fingerprint density at radius 2 is 2.41 bits per heavy atom. The Kier molecular flexibility index (Phi) is 3.90. The molecule has 5 heteroatoms. The van der Waals surface area contributed by atoms with Gasteiger partial charge in [0.2, 0.25) is 0 Å². The van der Waals surface area contributed by atoms with Gasteiger partial charge in [0.05, 0.1) is 16.4 Å². The summed E-state index contributed by atoms with van der Waals surface area (Å²) in [5.74, 6) is 0. The molecule has 0 aromatic carbocycles. The van der Waals surface area contributed by atoms with E-state index >= 15 is 0 Å². The van der Waals surface area contributed by atoms with Crippen LogP contribution >= 0.6 is 15.9 Å². The average Bonchev–Trinajstić information content (AvgIpc) is 2.59. The van der Waals surface area contributed by atoms with Crippen LogP contribution < -0.4 is 5.32 Å². The minimum atomic E-state index is -0.848. The van der Waals surface area contributed by atoms with Gasteiger partial charge in [0.15, 0.2) is 0 Å². The van der Waals surface area contributed by atoms with Crippen molar-refractivity contribution in [3.8, 4) is 0 Å². The molecule has 1 aromatic rings. The molecule has 0 aliphatic carbocycles. The van der Waals surface area contributed by atoms with Crippen LogP contribution in [0, 0.1) is 0 Å². The Bertz CT molecular complexity index is 364. The highest BCUT2D eigenvalue weighted by Gasteiger charge is 2.32. The van der Waals surface area contributed by atoms with Crippen LogP contribution in [0.5, 0.6) is 0 Å². The molecule has 0 bridgehead atoms. The number of hydrogen-bond donors (Lipinski definition) is 2. The molecule has 0 amide bonds. The zero-order valence-corrected chi connectivity index (χ0v) is 12.0. The number of aryl methyl sites for hydroxylation is 1. The summed E-state index contributed by atoms with van der Waals surface area (Å²) in [5.41, 5.74) is 0.00361. The molecule has 1 saturated heterocycles. The van der Waals surface area contributed by atoms with E-state index in [-0.39, 0.29) is 0 Å². The highest BCUT2D eigenvalue weighted by atomic mass is 79.9. The maximum absolute atomic E-state index is 10.7. The molecule has 0 spiro atoms. The minimum Gasteiger partial charge on any atom is -0.384 e. The van der Waals surface area contributed by atoms with E-state index in [1.165, 1.54) is 12.8 Å². The third-order valence-corrected chi connectivity index (χ3v) is 4.04. The van der Waals surface area contributed by atoms with E-state index in [4.69, 9.17) is 0 Å². The number of aliphatic hydroxyl groups is 1. The Morgan fingerprint density at radius 3 is 2.94 bits per heavy atom. The van der Waals surface area contributed by atoms with Crippen LogP contribution in [0.15, 0.2) is 10.7 Å². The van der Waals surface area contributed by atoms with Gasteiger partial charge < -0.3 is 10.4 Å². The summed E-state index contributed by atoms with van der Waals surface area (Å²) in [5, 5.41) is 18.3. The Balaban J connectivity index is 2.12. The van der Waals surface area contributed by atoms with Crippen molar-refractivity contribution in [1.29, 1.82) is 0 Å². The molecular formula is C12H20BrN3O. The van der Waals surface area contributed by atoms with Gasteiger partial charge in [0.1, 0.15) is 5.60 Å². The fourth-order valence-electron chi connectivity index (χ4n) is 2.69. The summed E-state index contributed by atoms with van der Waals surface area (Å²) in [4.78, 5) is 0. The molecule has 1 aromatic heterocycles. The van der Waals surface area contributed by atoms with E-state index in [2.05, 4.69) is 26.3 Å². The molecule has 2 atom stereocenters. The second-order valence-corrected chi connectivity index (χ2v) is 5.94. The largest absolute Gasteiger partial charge is 0.384 e. The van der Waals surface area contributed by atoms with Gasteiger partial charge in [-0.3, -0.25) is 4.68 Å². The summed E-state index contributed by atoms with van der Waals surface area (Å²) in [6.45, 7) is 2.93. The second kappa shape index (κ2) is 5.08. The zero-order chi connectivity index (χ0) is 12.5. The van der Waals surface area contributed by atoms with Crippen molar-refractivity contribution in [2.75, 3.05) is 6.54 Å². The SMILES string of the molecule is Cn1ncc(Br)c1C(C)(O)CC1CCCCN1. The third-order valence-electron chi connectivity index (χ3n) is 3.46. The number of nitrogens with zero attached hydrogens (tertiary/aromatic N) is 2. The van der Waals surface area contributed by atoms with Crippen LogP contribution in [0.4, 0.5) is 0 Å². The first-order valence-electron chi connectivity index (χ1n) is 6.14. The molecule has 0 saturated carbocycles. The first-order chi connectivity index (χ1) is 8.00. The van der Waals surface area contributed by atoms with Crippen molar-refractivity contribution in [1.82, 2.24) is 15.1 Å². The number of halogens is 1. The van der Waals surface area contributed by atoms with Gasteiger partial charge in [-0.2, -0.15) is 5.10 Å². The van der Waals surface area contributed by atoms with Gasteiger partial charge in [-0.05, 0) is 48.7 Å². The minimum absolute atomic E-state index is 0.403. The lowest BCUT2D eigenvalue weighted by atomic mass is 9.89. The zero-order valence-electron chi connectivity index (χ0n) is 10.4. The molecule has 1 aliphatic heterocycles. The smallest absolute Gasteiger partial charge is 0.106 e. The average molecular weight is 302 g/mol. The molecule has 2 N–H and O–H groups in total. The fourth-order valence-corrected chi connectivity index (χ4v) is 3.47. The number of nitrogens with one attached hydrogen (secondary N) is 1. The molecule has 2 rings (SSSR count). The molecule has 1 aliphatic rings. The van der Waals surface area contributed by atoms with Crippen LogP contribution in [0.25, 0.3) is 0 Å². The van der Waals surface area contributed by atoms with E-state index < -0.39 is 5.60 Å². The van der Waals surface area contributed by atoms with Crippen molar-refractivity contribution < 1.29 is 5.11 Å². The van der Waals surface area contributed by atoms with Crippen LogP contribution in [0.3, 0.4) is 0 Å². The maximum Gasteiger partial charge on any atom is 0.106 e. The number of piperidine rings is 1. The lowest BCUT2D eigenvalue weighted by Gasteiger charge is -2.32. The summed E-state index contributed by atoms with van der Waals surface area (Å²) in [6, 6.07) is 0.403. The Hall–Kier alpha value is -0.390. The molecule has 1 fully saturated rings. The highest BCUT2D eigenvalue weighted by molar-refractivity contribution is 9.10. The van der Waals surface area contributed by atoms with Crippen molar-refractivity contribution in [2.24, 2.45) is 7.05 Å². The summed E-state index contributed by atoms with van der Waals surface area (Å²) in [6.07, 6.45) is 6.10. The lowest BCUT2D eigenvalue weighted by molar-refractivity contribution is 0.0248. The molecule has 17 heavy (non-hydrogen) atoms. The van der Waals surface area contributed by atoms with Crippen molar-refractivity contribution in [2.45, 2.75) is 44.2 Å². The predicted octanol–water partition coefficient (Wildman–Crippen LogP) is 1.92. The van der Waals surface area contributed by atoms with Crippen molar-refractivity contribution >= 4 is 15.9 Å². The summed E-state index contributed by atoms with van der Waals surface area (Å²) >= 11 is 3.45. The second-order valence-electron chi connectivity index (χ2n) is 5.09. The molecule has 2 unspecified atom stereocenters. The van der Waals surface area contributed by atoms with Gasteiger partial charge >= 0.3 is 0 Å². The van der Waals surface area contributed by atoms with Gasteiger partial charge in [0, 0.05) is 13.1 Å². The van der Waals surface area contributed by atoms with E-state index in [9.17, 15) is 5.11 Å². The highest BCUT2D eigenvalue weighted by Crippen LogP contribution is 2.32. The quantitative estimate of drug-likeness (QED) is 0.897. The van der Waals surface area contributed by atoms with E-state index in [1.807, 2.05) is 14.0 Å². The molecule has 0 radical (unpaired) electrons. The standard InChI is InChI=1S/C12H20BrN3O/c1-12(17,7-9-5-3-4-6-14-9)11-10(13)8-15-16(11)2/h8-9,14,17H,3-7H2,1-2H3. The number of aromatic nitrogens is 2. The first-order valence-corrected chi connectivity index (χ1v) is 6.94. The predicted molar refractivity (Wildman–Crippen MR) is 70.7 cm³/mol. The van der Waals surface area contributed by atoms with Crippen molar-refractivity contribution in [3.05, 3.63) is 16.4 Å². The summed E-state index contributed by atoms with van der Waals surface area (Å²) < 4.78 is 2.62. The lowest BCUT2D eigenvalue weighted by Crippen LogP contribution is -2.40. The van der Waals surface area contributed by atoms with E-state index in [1.54, 1.807) is 10.9 Å². The topological polar surface area (TPSA) is 50.1 Å². The van der Waals surface area contributed by atoms with Crippen LogP contribution in [0.1, 0.15) is 38.3 Å². The molecule has 96 valence electrons. The summed E-state index contributed by atoms with van der Waals surface area (Å²) in [7, 11) is 1.86. The monoisotopic (exact) mass is 301 g/mol. The number of hydrogen-bond acceptors (Lipinski definition) is 3. The van der Waals surface area contributed by atoms with E-state index in [0.717, 1.165) is 29.6 Å². The normalized spacial score (nSPS) is 24.6. The van der Waals surface area contributed by atoms with Gasteiger partial charge in [-0.1, -0.05) is 6.42 Å². The molecule has 2 heterocycles. The fraction of sp³-hybridized carbons (Fsp3) is 0.750. The Labute approximate surface area is 111 Å². The third kappa shape index (κ3) is 2.89. The first kappa shape index (κ1) is 13.1.